The molecule has 0 unspecified atom stereocenters. The van der Waals surface area contributed by atoms with Crippen LogP contribution in [0.4, 0.5) is 0 Å². The predicted molar refractivity (Wildman–Crippen MR) is 119 cm³/mol. The summed E-state index contributed by atoms with van der Waals surface area (Å²) >= 11 is 3.28. The van der Waals surface area contributed by atoms with E-state index in [9.17, 15) is 4.79 Å². The zero-order valence-corrected chi connectivity index (χ0v) is 18.9. The highest BCUT2D eigenvalue weighted by Crippen LogP contribution is 2.30. The third-order valence-electron chi connectivity index (χ3n) is 3.57. The average molecular weight is 435 g/mol. The number of carbonyl (C=O) groups is 1. The van der Waals surface area contributed by atoms with Crippen molar-refractivity contribution >= 4 is 27.3 Å². The number of ether oxygens (including phenoxy) is 2. The smallest absolute Gasteiger partial charge is 0.161 e. The molecule has 2 aromatic rings. The molecule has 4 heteroatoms. The van der Waals surface area contributed by atoms with E-state index in [1.54, 1.807) is 27.2 Å². The van der Waals surface area contributed by atoms with E-state index in [1.165, 1.54) is 0 Å². The van der Waals surface area contributed by atoms with Gasteiger partial charge in [-0.1, -0.05) is 67.9 Å². The van der Waals surface area contributed by atoms with Gasteiger partial charge in [-0.15, -0.1) is 0 Å². The van der Waals surface area contributed by atoms with Crippen LogP contribution in [0.3, 0.4) is 0 Å². The molecule has 148 valence electrons. The Morgan fingerprint density at radius 1 is 1.00 bits per heavy atom. The molecule has 0 aliphatic heterocycles. The fourth-order valence-corrected chi connectivity index (χ4v) is 2.61. The van der Waals surface area contributed by atoms with Crippen molar-refractivity contribution in [3.8, 4) is 11.5 Å². The molecule has 0 saturated carbocycles. The first-order valence-electron chi connectivity index (χ1n) is 9.09. The van der Waals surface area contributed by atoms with Crippen LogP contribution in [0.2, 0.25) is 0 Å². The Bertz CT molecular complexity index is 723. The van der Waals surface area contributed by atoms with Gasteiger partial charge in [-0.2, -0.15) is 0 Å². The van der Waals surface area contributed by atoms with E-state index in [4.69, 9.17) is 9.47 Å². The highest BCUT2D eigenvalue weighted by molar-refractivity contribution is 9.10. The van der Waals surface area contributed by atoms with Crippen LogP contribution in [0, 0.1) is 0 Å². The molecule has 0 aliphatic rings. The Balaban J connectivity index is 0.000000488. The van der Waals surface area contributed by atoms with Gasteiger partial charge in [-0.25, -0.2) is 0 Å². The molecule has 0 fully saturated rings. The number of methoxy groups -OCH3 is 2. The zero-order valence-electron chi connectivity index (χ0n) is 17.3. The fraction of sp³-hybridized carbons (Fsp3) is 0.348. The molecular formula is C23H31BrO3. The molecule has 2 rings (SSSR count). The minimum absolute atomic E-state index is 0.0984. The monoisotopic (exact) mass is 434 g/mol. The number of carbonyl (C=O) groups excluding carboxylic acids is 1. The maximum Gasteiger partial charge on any atom is 0.161 e. The average Bonchev–Trinajstić information content (AvgIpc) is 2.69. The van der Waals surface area contributed by atoms with Gasteiger partial charge in [0.05, 0.1) is 14.2 Å². The molecule has 0 saturated heterocycles. The van der Waals surface area contributed by atoms with Crippen LogP contribution >= 0.6 is 15.9 Å². The number of hydrogen-bond donors (Lipinski definition) is 0. The summed E-state index contributed by atoms with van der Waals surface area (Å²) in [6.07, 6.45) is 2.11. The maximum absolute atomic E-state index is 10.8. The van der Waals surface area contributed by atoms with Crippen molar-refractivity contribution in [1.82, 2.24) is 0 Å². The van der Waals surface area contributed by atoms with Crippen LogP contribution in [-0.2, 0) is 0 Å². The van der Waals surface area contributed by atoms with Crippen molar-refractivity contribution in [2.75, 3.05) is 14.2 Å². The lowest BCUT2D eigenvalue weighted by atomic mass is 10.0. The molecule has 0 amide bonds. The Hall–Kier alpha value is -2.07. The van der Waals surface area contributed by atoms with Crippen molar-refractivity contribution in [3.05, 3.63) is 64.6 Å². The summed E-state index contributed by atoms with van der Waals surface area (Å²) < 4.78 is 11.4. The maximum atomic E-state index is 10.8. The molecule has 0 heterocycles. The summed E-state index contributed by atoms with van der Waals surface area (Å²) in [5.74, 6) is 1.61. The summed E-state index contributed by atoms with van der Waals surface area (Å²) in [6.45, 7) is 11.8. The standard InChI is InChI=1S/C13H18O2.C8H7BrO.C2H6/c1-5-6-10(2)11-7-8-12(14-3)13(9-11)15-4;1-6(10)7-3-2-4-8(9)5-7;1-2/h7-9H,2,5-6H2,1,3-4H3;2-5H,1H3;1-2H3. The molecule has 0 atom stereocenters. The largest absolute Gasteiger partial charge is 0.493 e. The molecular weight excluding hydrogens is 404 g/mol. The molecule has 3 nitrogen and oxygen atoms in total. The summed E-state index contributed by atoms with van der Waals surface area (Å²) in [6, 6.07) is 13.2. The van der Waals surface area contributed by atoms with E-state index in [1.807, 2.05) is 50.2 Å². The normalized spacial score (nSPS) is 9.15. The summed E-state index contributed by atoms with van der Waals surface area (Å²) in [7, 11) is 3.28. The van der Waals surface area contributed by atoms with Crippen LogP contribution in [0.1, 0.15) is 56.5 Å². The van der Waals surface area contributed by atoms with Gasteiger partial charge in [-0.05, 0) is 48.7 Å². The quantitative estimate of drug-likeness (QED) is 0.450. The molecule has 0 spiro atoms. The van der Waals surface area contributed by atoms with E-state index in [-0.39, 0.29) is 5.78 Å². The number of rotatable bonds is 6. The van der Waals surface area contributed by atoms with Gasteiger partial charge >= 0.3 is 0 Å². The van der Waals surface area contributed by atoms with Crippen LogP contribution in [0.25, 0.3) is 5.57 Å². The van der Waals surface area contributed by atoms with Gasteiger partial charge in [-0.3, -0.25) is 4.79 Å². The SMILES string of the molecule is C=C(CCC)c1ccc(OC)c(OC)c1.CC.CC(=O)c1cccc(Br)c1. The number of benzene rings is 2. The second-order valence-electron chi connectivity index (χ2n) is 5.49. The Morgan fingerprint density at radius 3 is 2.07 bits per heavy atom. The number of halogens is 1. The molecule has 27 heavy (non-hydrogen) atoms. The first-order valence-corrected chi connectivity index (χ1v) is 9.88. The summed E-state index contributed by atoms with van der Waals surface area (Å²) in [5.41, 5.74) is 3.00. The Morgan fingerprint density at radius 2 is 1.63 bits per heavy atom. The van der Waals surface area contributed by atoms with E-state index in [0.29, 0.717) is 0 Å². The van der Waals surface area contributed by atoms with E-state index in [0.717, 1.165) is 45.5 Å². The fourth-order valence-electron chi connectivity index (χ4n) is 2.21. The molecule has 0 aliphatic carbocycles. The number of Topliss-reactive ketones (excluding diaryl/α,β-unsaturated/α-hetero) is 1. The van der Waals surface area contributed by atoms with Crippen LogP contribution in [-0.4, -0.2) is 20.0 Å². The number of allylic oxidation sites excluding steroid dienone is 1. The third kappa shape index (κ3) is 8.91. The van der Waals surface area contributed by atoms with Crippen LogP contribution < -0.4 is 9.47 Å². The second kappa shape index (κ2) is 14.0. The van der Waals surface area contributed by atoms with Gasteiger partial charge in [0.2, 0.25) is 0 Å². The van der Waals surface area contributed by atoms with Crippen molar-refractivity contribution in [1.29, 1.82) is 0 Å². The molecule has 2 aromatic carbocycles. The van der Waals surface area contributed by atoms with Crippen molar-refractivity contribution < 1.29 is 14.3 Å². The molecule has 0 bridgehead atoms. The minimum atomic E-state index is 0.0984. The first-order chi connectivity index (χ1) is 12.9. The zero-order chi connectivity index (χ0) is 20.8. The van der Waals surface area contributed by atoms with Crippen molar-refractivity contribution in [2.45, 2.75) is 40.5 Å². The van der Waals surface area contributed by atoms with Crippen LogP contribution in [0.5, 0.6) is 11.5 Å². The van der Waals surface area contributed by atoms with Gasteiger partial charge in [0, 0.05) is 10.0 Å². The lowest BCUT2D eigenvalue weighted by Gasteiger charge is -2.10. The van der Waals surface area contributed by atoms with E-state index < -0.39 is 0 Å². The lowest BCUT2D eigenvalue weighted by molar-refractivity contribution is 0.101. The van der Waals surface area contributed by atoms with Gasteiger partial charge in [0.15, 0.2) is 17.3 Å². The molecule has 0 radical (unpaired) electrons. The van der Waals surface area contributed by atoms with Crippen molar-refractivity contribution in [3.63, 3.8) is 0 Å². The Labute approximate surface area is 172 Å². The minimum Gasteiger partial charge on any atom is -0.493 e. The summed E-state index contributed by atoms with van der Waals surface area (Å²) in [5, 5.41) is 0. The number of ketones is 1. The third-order valence-corrected chi connectivity index (χ3v) is 4.07. The lowest BCUT2D eigenvalue weighted by Crippen LogP contribution is -1.92. The van der Waals surface area contributed by atoms with Gasteiger partial charge in [0.25, 0.3) is 0 Å². The highest BCUT2D eigenvalue weighted by atomic mass is 79.9. The highest BCUT2D eigenvalue weighted by Gasteiger charge is 2.05. The van der Waals surface area contributed by atoms with Gasteiger partial charge in [0.1, 0.15) is 0 Å². The molecule has 0 aromatic heterocycles. The molecule has 0 N–H and O–H groups in total. The first kappa shape index (κ1) is 24.9. The second-order valence-corrected chi connectivity index (χ2v) is 6.41. The van der Waals surface area contributed by atoms with Crippen molar-refractivity contribution in [2.24, 2.45) is 0 Å². The topological polar surface area (TPSA) is 35.5 Å². The predicted octanol–water partition coefficient (Wildman–Crippen LogP) is 7.20. The van der Waals surface area contributed by atoms with E-state index >= 15 is 0 Å². The Kier molecular flexibility index (Phi) is 13.0. The van der Waals surface area contributed by atoms with Crippen LogP contribution in [0.15, 0.2) is 53.5 Å². The van der Waals surface area contributed by atoms with E-state index in [2.05, 4.69) is 29.4 Å². The number of hydrogen-bond acceptors (Lipinski definition) is 3. The van der Waals surface area contributed by atoms with Gasteiger partial charge < -0.3 is 9.47 Å². The summed E-state index contributed by atoms with van der Waals surface area (Å²) in [4.78, 5) is 10.8.